The Hall–Kier alpha value is -2.19. The summed E-state index contributed by atoms with van der Waals surface area (Å²) in [5.41, 5.74) is 1.69. The highest BCUT2D eigenvalue weighted by atomic mass is 32.2. The number of nitrogens with zero attached hydrogens (tertiary/aromatic N) is 1. The summed E-state index contributed by atoms with van der Waals surface area (Å²) >= 11 is 0. The first-order valence-electron chi connectivity index (χ1n) is 9.06. The Bertz CT molecular complexity index is 799. The summed E-state index contributed by atoms with van der Waals surface area (Å²) in [6.45, 7) is 0.452. The topological polar surface area (TPSA) is 95.6 Å². The predicted molar refractivity (Wildman–Crippen MR) is 104 cm³/mol. The molecule has 0 saturated heterocycles. The molecule has 27 heavy (non-hydrogen) atoms. The van der Waals surface area contributed by atoms with Crippen molar-refractivity contribution in [3.05, 3.63) is 41.5 Å². The molecule has 0 fully saturated rings. The van der Waals surface area contributed by atoms with E-state index in [9.17, 15) is 18.0 Å². The first-order chi connectivity index (χ1) is 12.8. The van der Waals surface area contributed by atoms with Crippen LogP contribution in [0.5, 0.6) is 0 Å². The Morgan fingerprint density at radius 1 is 1.07 bits per heavy atom. The Balaban J connectivity index is 1.77. The van der Waals surface area contributed by atoms with Crippen LogP contribution in [0.2, 0.25) is 0 Å². The minimum atomic E-state index is -3.53. The standard InChI is InChI=1S/C19H27N3O4S/c1-22(2)27(25,26)17-10-8-16(9-11-17)19(24)21-14-18(23)20-13-12-15-6-4-3-5-7-15/h6,8-11H,3-5,7,12-14H2,1-2H3,(H,20,23)(H,21,24). The Morgan fingerprint density at radius 3 is 2.37 bits per heavy atom. The first-order valence-corrected chi connectivity index (χ1v) is 10.5. The highest BCUT2D eigenvalue weighted by molar-refractivity contribution is 7.89. The van der Waals surface area contributed by atoms with Crippen molar-refractivity contribution in [2.45, 2.75) is 37.0 Å². The zero-order chi connectivity index (χ0) is 19.9. The SMILES string of the molecule is CN(C)S(=O)(=O)c1ccc(C(=O)NCC(=O)NCCC2=CCCCC2)cc1. The number of rotatable bonds is 8. The lowest BCUT2D eigenvalue weighted by molar-refractivity contribution is -0.120. The van der Waals surface area contributed by atoms with E-state index in [1.54, 1.807) is 0 Å². The fourth-order valence-corrected chi connectivity index (χ4v) is 3.71. The number of benzene rings is 1. The molecule has 0 atom stereocenters. The lowest BCUT2D eigenvalue weighted by Crippen LogP contribution is -2.37. The largest absolute Gasteiger partial charge is 0.354 e. The molecule has 1 aromatic carbocycles. The molecule has 7 nitrogen and oxygen atoms in total. The average Bonchev–Trinajstić information content (AvgIpc) is 2.67. The molecule has 1 aromatic rings. The maximum Gasteiger partial charge on any atom is 0.251 e. The van der Waals surface area contributed by atoms with Crippen LogP contribution in [0, 0.1) is 0 Å². The molecular weight excluding hydrogens is 366 g/mol. The van der Waals surface area contributed by atoms with Gasteiger partial charge in [0.1, 0.15) is 0 Å². The van der Waals surface area contributed by atoms with Crippen LogP contribution >= 0.6 is 0 Å². The zero-order valence-electron chi connectivity index (χ0n) is 15.8. The van der Waals surface area contributed by atoms with Gasteiger partial charge in [-0.15, -0.1) is 0 Å². The number of sulfonamides is 1. The Labute approximate surface area is 160 Å². The van der Waals surface area contributed by atoms with E-state index >= 15 is 0 Å². The lowest BCUT2D eigenvalue weighted by atomic mass is 9.97. The highest BCUT2D eigenvalue weighted by Gasteiger charge is 2.17. The van der Waals surface area contributed by atoms with Crippen LogP contribution in [-0.4, -0.2) is 51.7 Å². The fraction of sp³-hybridized carbons (Fsp3) is 0.474. The second-order valence-electron chi connectivity index (χ2n) is 6.70. The van der Waals surface area contributed by atoms with E-state index in [0.717, 1.165) is 23.6 Å². The third-order valence-corrected chi connectivity index (χ3v) is 6.29. The maximum absolute atomic E-state index is 12.1. The van der Waals surface area contributed by atoms with Gasteiger partial charge < -0.3 is 10.6 Å². The van der Waals surface area contributed by atoms with Gasteiger partial charge in [-0.3, -0.25) is 9.59 Å². The van der Waals surface area contributed by atoms with Crippen LogP contribution in [-0.2, 0) is 14.8 Å². The smallest absolute Gasteiger partial charge is 0.251 e. The number of amides is 2. The van der Waals surface area contributed by atoms with Crippen LogP contribution in [0.25, 0.3) is 0 Å². The molecule has 0 bridgehead atoms. The molecule has 0 radical (unpaired) electrons. The van der Waals surface area contributed by atoms with Crippen LogP contribution in [0.3, 0.4) is 0 Å². The predicted octanol–water partition coefficient (Wildman–Crippen LogP) is 1.67. The van der Waals surface area contributed by atoms with Crippen molar-refractivity contribution >= 4 is 21.8 Å². The van der Waals surface area contributed by atoms with Crippen molar-refractivity contribution in [2.75, 3.05) is 27.2 Å². The molecule has 2 amide bonds. The molecule has 1 aliphatic carbocycles. The summed E-state index contributed by atoms with van der Waals surface area (Å²) in [6, 6.07) is 5.61. The summed E-state index contributed by atoms with van der Waals surface area (Å²) in [7, 11) is -0.644. The van der Waals surface area contributed by atoms with Crippen LogP contribution in [0.1, 0.15) is 42.5 Å². The second kappa shape index (κ2) is 9.66. The molecule has 0 heterocycles. The highest BCUT2D eigenvalue weighted by Crippen LogP contribution is 2.19. The van der Waals surface area contributed by atoms with Crippen molar-refractivity contribution in [3.8, 4) is 0 Å². The van der Waals surface area contributed by atoms with E-state index in [4.69, 9.17) is 0 Å². The quantitative estimate of drug-likeness (QED) is 0.657. The van der Waals surface area contributed by atoms with Gasteiger partial charge in [0, 0.05) is 26.2 Å². The third kappa shape index (κ3) is 6.18. The van der Waals surface area contributed by atoms with Crippen molar-refractivity contribution in [1.82, 2.24) is 14.9 Å². The number of carbonyl (C=O) groups is 2. The molecule has 0 spiro atoms. The van der Waals surface area contributed by atoms with Crippen molar-refractivity contribution in [1.29, 1.82) is 0 Å². The first kappa shape index (κ1) is 21.1. The number of nitrogens with one attached hydrogen (secondary N) is 2. The minimum Gasteiger partial charge on any atom is -0.354 e. The van der Waals surface area contributed by atoms with E-state index < -0.39 is 15.9 Å². The molecule has 148 valence electrons. The number of carbonyl (C=O) groups excluding carboxylic acids is 2. The monoisotopic (exact) mass is 393 g/mol. The third-order valence-electron chi connectivity index (χ3n) is 4.46. The summed E-state index contributed by atoms with van der Waals surface area (Å²) in [5.74, 6) is -0.666. The summed E-state index contributed by atoms with van der Waals surface area (Å²) in [6.07, 6.45) is 7.77. The number of hydrogen-bond acceptors (Lipinski definition) is 4. The summed E-state index contributed by atoms with van der Waals surface area (Å²) < 4.78 is 25.1. The molecule has 8 heteroatoms. The van der Waals surface area contributed by atoms with E-state index in [1.807, 2.05) is 0 Å². The Morgan fingerprint density at radius 2 is 1.78 bits per heavy atom. The van der Waals surface area contributed by atoms with Gasteiger partial charge in [0.05, 0.1) is 11.4 Å². The van der Waals surface area contributed by atoms with Gasteiger partial charge in [-0.25, -0.2) is 12.7 Å². The molecule has 0 aliphatic heterocycles. The summed E-state index contributed by atoms with van der Waals surface area (Å²) in [5, 5.41) is 5.34. The van der Waals surface area contributed by atoms with Crippen LogP contribution in [0.4, 0.5) is 0 Å². The van der Waals surface area contributed by atoms with Crippen LogP contribution in [0.15, 0.2) is 40.8 Å². The molecule has 0 aromatic heterocycles. The summed E-state index contributed by atoms with van der Waals surface area (Å²) in [4.78, 5) is 24.1. The van der Waals surface area contributed by atoms with Gasteiger partial charge >= 0.3 is 0 Å². The van der Waals surface area contributed by atoms with Crippen molar-refractivity contribution < 1.29 is 18.0 Å². The van der Waals surface area contributed by atoms with Gasteiger partial charge in [0.25, 0.3) is 5.91 Å². The van der Waals surface area contributed by atoms with E-state index in [1.165, 1.54) is 56.8 Å². The maximum atomic E-state index is 12.1. The van der Waals surface area contributed by atoms with E-state index in [-0.39, 0.29) is 17.3 Å². The lowest BCUT2D eigenvalue weighted by Gasteiger charge is -2.13. The molecule has 1 aliphatic rings. The van der Waals surface area contributed by atoms with Crippen molar-refractivity contribution in [2.24, 2.45) is 0 Å². The fourth-order valence-electron chi connectivity index (χ4n) is 2.81. The molecule has 0 unspecified atom stereocenters. The molecule has 2 rings (SSSR count). The molecule has 0 saturated carbocycles. The van der Waals surface area contributed by atoms with Crippen LogP contribution < -0.4 is 10.6 Å². The second-order valence-corrected chi connectivity index (χ2v) is 8.85. The van der Waals surface area contributed by atoms with Gasteiger partial charge in [-0.2, -0.15) is 0 Å². The van der Waals surface area contributed by atoms with Gasteiger partial charge in [-0.1, -0.05) is 11.6 Å². The normalized spacial score (nSPS) is 14.6. The molecular formula is C19H27N3O4S. The number of allylic oxidation sites excluding steroid dienone is 1. The van der Waals surface area contributed by atoms with Gasteiger partial charge in [0.2, 0.25) is 15.9 Å². The molecule has 2 N–H and O–H groups in total. The minimum absolute atomic E-state index is 0.110. The van der Waals surface area contributed by atoms with Crippen molar-refractivity contribution in [3.63, 3.8) is 0 Å². The van der Waals surface area contributed by atoms with E-state index in [2.05, 4.69) is 16.7 Å². The Kier molecular flexibility index (Phi) is 7.55. The van der Waals surface area contributed by atoms with Gasteiger partial charge in [-0.05, 0) is 56.4 Å². The van der Waals surface area contributed by atoms with E-state index in [0.29, 0.717) is 12.1 Å². The number of hydrogen-bond donors (Lipinski definition) is 2. The average molecular weight is 394 g/mol. The zero-order valence-corrected chi connectivity index (χ0v) is 16.6. The van der Waals surface area contributed by atoms with Gasteiger partial charge in [0.15, 0.2) is 0 Å².